The molecule has 7 nitrogen and oxygen atoms in total. The first kappa shape index (κ1) is 16.9. The van der Waals surface area contributed by atoms with Crippen LogP contribution in [0.4, 0.5) is 5.69 Å². The second kappa shape index (κ2) is 6.09. The molecule has 1 amide bonds. The van der Waals surface area contributed by atoms with Crippen molar-refractivity contribution in [1.29, 1.82) is 0 Å². The maximum atomic E-state index is 12.1. The van der Waals surface area contributed by atoms with E-state index in [1.54, 1.807) is 20.8 Å². The molecule has 1 aromatic carbocycles. The molecule has 8 heteroatoms. The van der Waals surface area contributed by atoms with Crippen molar-refractivity contribution in [2.75, 3.05) is 0 Å². The number of carboxylic acids is 1. The van der Waals surface area contributed by atoms with Gasteiger partial charge in [-0.1, -0.05) is 32.4 Å². The number of aliphatic carboxylic acids is 1. The minimum Gasteiger partial charge on any atom is -0.480 e. The summed E-state index contributed by atoms with van der Waals surface area (Å²) in [6, 6.07) is 2.41. The van der Waals surface area contributed by atoms with Crippen LogP contribution in [0.3, 0.4) is 0 Å². The molecular formula is C13H15ClN2O5. The minimum atomic E-state index is -1.18. The molecule has 21 heavy (non-hydrogen) atoms. The first-order valence-corrected chi connectivity index (χ1v) is 6.39. The molecule has 1 rings (SSSR count). The Morgan fingerprint density at radius 1 is 1.38 bits per heavy atom. The topological polar surface area (TPSA) is 110 Å². The van der Waals surface area contributed by atoms with E-state index in [-0.39, 0.29) is 10.6 Å². The molecule has 1 unspecified atom stereocenters. The molecule has 114 valence electrons. The van der Waals surface area contributed by atoms with E-state index in [4.69, 9.17) is 16.7 Å². The molecule has 2 N–H and O–H groups in total. The maximum Gasteiger partial charge on any atom is 0.326 e. The monoisotopic (exact) mass is 314 g/mol. The van der Waals surface area contributed by atoms with Gasteiger partial charge < -0.3 is 10.4 Å². The SMILES string of the molecule is CC(C)(C)C(NC(=O)c1ccc(Cl)c([N+](=O)[O-])c1)C(=O)O. The van der Waals surface area contributed by atoms with E-state index in [0.29, 0.717) is 0 Å². The number of hydrogen-bond donors (Lipinski definition) is 2. The lowest BCUT2D eigenvalue weighted by atomic mass is 9.86. The second-order valence-corrected chi connectivity index (χ2v) is 5.94. The molecule has 0 fully saturated rings. The predicted molar refractivity (Wildman–Crippen MR) is 76.5 cm³/mol. The molecule has 0 saturated carbocycles. The van der Waals surface area contributed by atoms with Crippen LogP contribution in [0.1, 0.15) is 31.1 Å². The van der Waals surface area contributed by atoms with Crippen LogP contribution in [-0.2, 0) is 4.79 Å². The van der Waals surface area contributed by atoms with E-state index in [2.05, 4.69) is 5.32 Å². The van der Waals surface area contributed by atoms with Crippen molar-refractivity contribution in [2.24, 2.45) is 5.41 Å². The summed E-state index contributed by atoms with van der Waals surface area (Å²) in [5, 5.41) is 22.2. The highest BCUT2D eigenvalue weighted by Gasteiger charge is 2.33. The zero-order valence-electron chi connectivity index (χ0n) is 11.7. The third-order valence-corrected chi connectivity index (χ3v) is 3.11. The summed E-state index contributed by atoms with van der Waals surface area (Å²) < 4.78 is 0. The third kappa shape index (κ3) is 4.16. The van der Waals surface area contributed by atoms with Crippen LogP contribution in [0, 0.1) is 15.5 Å². The van der Waals surface area contributed by atoms with Crippen molar-refractivity contribution in [3.63, 3.8) is 0 Å². The Morgan fingerprint density at radius 2 is 1.95 bits per heavy atom. The van der Waals surface area contributed by atoms with E-state index < -0.39 is 33.9 Å². The van der Waals surface area contributed by atoms with Gasteiger partial charge >= 0.3 is 5.97 Å². The summed E-state index contributed by atoms with van der Waals surface area (Å²) >= 11 is 5.66. The summed E-state index contributed by atoms with van der Waals surface area (Å²) in [6.45, 7) is 4.99. The molecule has 0 heterocycles. The number of nitrogens with zero attached hydrogens (tertiary/aromatic N) is 1. The first-order chi connectivity index (χ1) is 9.54. The van der Waals surface area contributed by atoms with Gasteiger partial charge in [0.05, 0.1) is 4.92 Å². The average molecular weight is 315 g/mol. The number of carbonyl (C=O) groups excluding carboxylic acids is 1. The molecular weight excluding hydrogens is 300 g/mol. The number of carboxylic acid groups (broad SMARTS) is 1. The van der Waals surface area contributed by atoms with Gasteiger partial charge in [-0.05, 0) is 17.5 Å². The second-order valence-electron chi connectivity index (χ2n) is 5.53. The quantitative estimate of drug-likeness (QED) is 0.655. The molecule has 0 bridgehead atoms. The number of rotatable bonds is 4. The Balaban J connectivity index is 3.07. The van der Waals surface area contributed by atoms with Crippen LogP contribution in [0.5, 0.6) is 0 Å². The minimum absolute atomic E-state index is 0.0263. The van der Waals surface area contributed by atoms with Crippen LogP contribution >= 0.6 is 11.6 Å². The van der Waals surface area contributed by atoms with Crippen molar-refractivity contribution < 1.29 is 19.6 Å². The van der Waals surface area contributed by atoms with Crippen molar-refractivity contribution in [1.82, 2.24) is 5.32 Å². The Bertz CT molecular complexity index is 595. The average Bonchev–Trinajstić information content (AvgIpc) is 2.33. The van der Waals surface area contributed by atoms with Gasteiger partial charge in [-0.3, -0.25) is 14.9 Å². The largest absolute Gasteiger partial charge is 0.480 e. The third-order valence-electron chi connectivity index (χ3n) is 2.79. The standard InChI is InChI=1S/C13H15ClN2O5/c1-13(2,3)10(12(18)19)15-11(17)7-4-5-8(14)9(6-7)16(20)21/h4-6,10H,1-3H3,(H,15,17)(H,18,19). The molecule has 1 atom stereocenters. The molecule has 0 aromatic heterocycles. The van der Waals surface area contributed by atoms with Gasteiger partial charge in [0.1, 0.15) is 11.1 Å². The fourth-order valence-electron chi connectivity index (χ4n) is 1.66. The fourth-order valence-corrected chi connectivity index (χ4v) is 1.84. The van der Waals surface area contributed by atoms with Gasteiger partial charge in [0.25, 0.3) is 11.6 Å². The summed E-state index contributed by atoms with van der Waals surface area (Å²) in [6.07, 6.45) is 0. The smallest absolute Gasteiger partial charge is 0.326 e. The van der Waals surface area contributed by atoms with E-state index in [9.17, 15) is 19.7 Å². The highest BCUT2D eigenvalue weighted by Crippen LogP contribution is 2.25. The molecule has 0 saturated heterocycles. The van der Waals surface area contributed by atoms with Crippen LogP contribution in [0.25, 0.3) is 0 Å². The number of hydrogen-bond acceptors (Lipinski definition) is 4. The van der Waals surface area contributed by atoms with E-state index in [0.717, 1.165) is 6.07 Å². The maximum absolute atomic E-state index is 12.1. The van der Waals surface area contributed by atoms with Crippen molar-refractivity contribution in [2.45, 2.75) is 26.8 Å². The lowest BCUT2D eigenvalue weighted by Gasteiger charge is -2.27. The van der Waals surface area contributed by atoms with Crippen LogP contribution in [0.2, 0.25) is 5.02 Å². The van der Waals surface area contributed by atoms with Crippen LogP contribution in [0.15, 0.2) is 18.2 Å². The molecule has 1 aromatic rings. The number of carbonyl (C=O) groups is 2. The Hall–Kier alpha value is -2.15. The van der Waals surface area contributed by atoms with E-state index >= 15 is 0 Å². The van der Waals surface area contributed by atoms with Crippen molar-refractivity contribution in [3.8, 4) is 0 Å². The first-order valence-electron chi connectivity index (χ1n) is 6.01. The lowest BCUT2D eigenvalue weighted by Crippen LogP contribution is -2.49. The number of nitro groups is 1. The van der Waals surface area contributed by atoms with E-state index in [1.165, 1.54) is 12.1 Å². The Labute approximate surface area is 126 Å². The zero-order valence-corrected chi connectivity index (χ0v) is 12.5. The molecule has 0 spiro atoms. The highest BCUT2D eigenvalue weighted by molar-refractivity contribution is 6.32. The van der Waals surface area contributed by atoms with Gasteiger partial charge in [-0.15, -0.1) is 0 Å². The van der Waals surface area contributed by atoms with Gasteiger partial charge in [0.15, 0.2) is 0 Å². The van der Waals surface area contributed by atoms with Crippen molar-refractivity contribution in [3.05, 3.63) is 38.9 Å². The predicted octanol–water partition coefficient (Wildman–Crippen LogP) is 2.48. The van der Waals surface area contributed by atoms with Crippen LogP contribution < -0.4 is 5.32 Å². The number of nitrogens with one attached hydrogen (secondary N) is 1. The van der Waals surface area contributed by atoms with Crippen molar-refractivity contribution >= 4 is 29.2 Å². The van der Waals surface area contributed by atoms with Crippen LogP contribution in [-0.4, -0.2) is 27.9 Å². The highest BCUT2D eigenvalue weighted by atomic mass is 35.5. The molecule has 0 aliphatic rings. The van der Waals surface area contributed by atoms with Gasteiger partial charge in [-0.2, -0.15) is 0 Å². The summed E-state index contributed by atoms with van der Waals surface area (Å²) in [5.41, 5.74) is -1.15. The molecule has 0 aliphatic heterocycles. The summed E-state index contributed by atoms with van der Waals surface area (Å²) in [5.74, 6) is -1.89. The van der Waals surface area contributed by atoms with Gasteiger partial charge in [-0.25, -0.2) is 4.79 Å². The summed E-state index contributed by atoms with van der Waals surface area (Å²) in [4.78, 5) is 33.3. The number of benzene rings is 1. The van der Waals surface area contributed by atoms with Gasteiger partial charge in [0.2, 0.25) is 0 Å². The Morgan fingerprint density at radius 3 is 2.38 bits per heavy atom. The van der Waals surface area contributed by atoms with Gasteiger partial charge in [0, 0.05) is 11.6 Å². The lowest BCUT2D eigenvalue weighted by molar-refractivity contribution is -0.384. The number of amides is 1. The number of halogens is 1. The Kier molecular flexibility index (Phi) is 4.90. The molecule has 0 aliphatic carbocycles. The van der Waals surface area contributed by atoms with E-state index in [1.807, 2.05) is 0 Å². The number of nitro benzene ring substituents is 1. The summed E-state index contributed by atoms with van der Waals surface area (Å²) in [7, 11) is 0. The normalized spacial score (nSPS) is 12.6. The molecule has 0 radical (unpaired) electrons. The fraction of sp³-hybridized carbons (Fsp3) is 0.385. The zero-order chi connectivity index (χ0) is 16.4.